The summed E-state index contributed by atoms with van der Waals surface area (Å²) in [5.41, 5.74) is 4.48. The fraction of sp³-hybridized carbons (Fsp3) is 0.531. The van der Waals surface area contributed by atoms with E-state index in [1.807, 2.05) is 48.5 Å². The second-order valence-electron chi connectivity index (χ2n) is 12.0. The fourth-order valence-electron chi connectivity index (χ4n) is 6.43. The lowest BCUT2D eigenvalue weighted by Crippen LogP contribution is -2.64. The van der Waals surface area contributed by atoms with Crippen molar-refractivity contribution in [2.45, 2.75) is 50.9 Å². The summed E-state index contributed by atoms with van der Waals surface area (Å²) in [6, 6.07) is 18.8. The van der Waals surface area contributed by atoms with Crippen molar-refractivity contribution in [3.63, 3.8) is 0 Å². The molecule has 0 unspecified atom stereocenters. The molecule has 224 valence electrons. The lowest BCUT2D eigenvalue weighted by atomic mass is 9.80. The van der Waals surface area contributed by atoms with Gasteiger partial charge in [0.15, 0.2) is 0 Å². The molecule has 0 bridgehead atoms. The van der Waals surface area contributed by atoms with Gasteiger partial charge in [-0.25, -0.2) is 10.3 Å². The average Bonchev–Trinajstić information content (AvgIpc) is 3.79. The Balaban J connectivity index is 1.19. The van der Waals surface area contributed by atoms with Crippen molar-refractivity contribution in [3.8, 4) is 0 Å². The van der Waals surface area contributed by atoms with E-state index in [2.05, 4.69) is 22.5 Å². The van der Waals surface area contributed by atoms with E-state index in [4.69, 9.17) is 14.3 Å². The number of piperazine rings is 1. The van der Waals surface area contributed by atoms with E-state index in [1.54, 1.807) is 9.80 Å². The maximum Gasteiger partial charge on any atom is 0.410 e. The molecule has 0 aromatic heterocycles. The summed E-state index contributed by atoms with van der Waals surface area (Å²) in [5, 5.41) is 0. The predicted molar refractivity (Wildman–Crippen MR) is 155 cm³/mol. The van der Waals surface area contributed by atoms with Crippen molar-refractivity contribution in [2.75, 3.05) is 50.8 Å². The molecule has 4 aliphatic rings. The van der Waals surface area contributed by atoms with E-state index in [0.717, 1.165) is 24.1 Å². The summed E-state index contributed by atoms with van der Waals surface area (Å²) in [7, 11) is 0. The van der Waals surface area contributed by atoms with Crippen LogP contribution in [0, 0.1) is 11.3 Å². The van der Waals surface area contributed by atoms with Crippen LogP contribution in [-0.4, -0.2) is 85.8 Å². The van der Waals surface area contributed by atoms with Crippen molar-refractivity contribution in [1.29, 1.82) is 0 Å². The molecule has 0 radical (unpaired) electrons. The van der Waals surface area contributed by atoms with Gasteiger partial charge in [-0.1, -0.05) is 48.5 Å². The lowest BCUT2D eigenvalue weighted by molar-refractivity contribution is -0.153. The molecule has 1 N–H and O–H groups in total. The monoisotopic (exact) mass is 576 g/mol. The standard InChI is InChI=1S/C32H40N4O6/c37-29(33-41-22-24-7-3-1-4-8-24)27-21-32(13-14-32)23-36(31(39)42-26-11-19-40-20-12-26)28(27)30(38)35-17-15-34(16-18-35)25-9-5-2-6-10-25/h1-10,26-28H,11-23H2,(H,33,37)/t27-,28-/m0/s1. The van der Waals surface area contributed by atoms with Crippen LogP contribution in [0.1, 0.15) is 37.7 Å². The highest BCUT2D eigenvalue weighted by molar-refractivity contribution is 5.93. The summed E-state index contributed by atoms with van der Waals surface area (Å²) in [6.45, 7) is 4.09. The van der Waals surface area contributed by atoms with Crippen molar-refractivity contribution in [3.05, 3.63) is 66.2 Å². The number of rotatable bonds is 7. The smallest absolute Gasteiger partial charge is 0.410 e. The molecule has 10 heteroatoms. The van der Waals surface area contributed by atoms with Gasteiger partial charge in [0.05, 0.1) is 25.7 Å². The number of hydrogen-bond donors (Lipinski definition) is 1. The molecule has 1 aliphatic carbocycles. The van der Waals surface area contributed by atoms with Gasteiger partial charge in [-0.05, 0) is 42.4 Å². The van der Waals surface area contributed by atoms with Gasteiger partial charge in [0.2, 0.25) is 11.8 Å². The lowest BCUT2D eigenvalue weighted by Gasteiger charge is -2.46. The van der Waals surface area contributed by atoms with Crippen molar-refractivity contribution in [1.82, 2.24) is 15.3 Å². The summed E-state index contributed by atoms with van der Waals surface area (Å²) in [6.07, 6.45) is 2.85. The Morgan fingerprint density at radius 1 is 0.905 bits per heavy atom. The average molecular weight is 577 g/mol. The Hall–Kier alpha value is -3.63. The molecular weight excluding hydrogens is 536 g/mol. The number of nitrogens with zero attached hydrogens (tertiary/aromatic N) is 3. The molecule has 2 aromatic rings. The highest BCUT2D eigenvalue weighted by atomic mass is 16.7. The Morgan fingerprint density at radius 3 is 2.24 bits per heavy atom. The Morgan fingerprint density at radius 2 is 1.57 bits per heavy atom. The molecule has 42 heavy (non-hydrogen) atoms. The zero-order valence-electron chi connectivity index (χ0n) is 24.0. The number of anilines is 1. The van der Waals surface area contributed by atoms with Crippen LogP contribution in [0.5, 0.6) is 0 Å². The largest absolute Gasteiger partial charge is 0.446 e. The van der Waals surface area contributed by atoms with Crippen LogP contribution < -0.4 is 10.4 Å². The number of carbonyl (C=O) groups excluding carboxylic acids is 3. The normalized spacial score (nSPS) is 23.9. The van der Waals surface area contributed by atoms with E-state index in [-0.39, 0.29) is 29.9 Å². The molecule has 1 spiro atoms. The molecular formula is C32H40N4O6. The first-order valence-corrected chi connectivity index (χ1v) is 15.1. The molecule has 3 aliphatic heterocycles. The van der Waals surface area contributed by atoms with Crippen LogP contribution in [0.25, 0.3) is 0 Å². The van der Waals surface area contributed by atoms with Gasteiger partial charge in [0.25, 0.3) is 0 Å². The number of carbonyl (C=O) groups is 3. The van der Waals surface area contributed by atoms with Crippen LogP contribution >= 0.6 is 0 Å². The topological polar surface area (TPSA) is 101 Å². The van der Waals surface area contributed by atoms with Crippen molar-refractivity contribution in [2.24, 2.45) is 11.3 Å². The number of amides is 3. The number of benzene rings is 2. The van der Waals surface area contributed by atoms with E-state index in [1.165, 1.54) is 0 Å². The molecule has 3 heterocycles. The minimum absolute atomic E-state index is 0.168. The van der Waals surface area contributed by atoms with Crippen LogP contribution in [-0.2, 0) is 30.5 Å². The number of ether oxygens (including phenoxy) is 2. The quantitative estimate of drug-likeness (QED) is 0.505. The second kappa shape index (κ2) is 12.7. The maximum absolute atomic E-state index is 14.3. The number of hydrogen-bond acceptors (Lipinski definition) is 7. The van der Waals surface area contributed by atoms with Gasteiger partial charge in [0, 0.05) is 51.3 Å². The van der Waals surface area contributed by atoms with Gasteiger partial charge in [0.1, 0.15) is 12.1 Å². The van der Waals surface area contributed by atoms with E-state index >= 15 is 0 Å². The van der Waals surface area contributed by atoms with Gasteiger partial charge >= 0.3 is 6.09 Å². The second-order valence-corrected chi connectivity index (χ2v) is 12.0. The minimum Gasteiger partial charge on any atom is -0.446 e. The highest BCUT2D eigenvalue weighted by Gasteiger charge is 2.58. The first-order chi connectivity index (χ1) is 20.5. The third kappa shape index (κ3) is 6.55. The first kappa shape index (κ1) is 28.5. The summed E-state index contributed by atoms with van der Waals surface area (Å²) in [5.74, 6) is -1.31. The van der Waals surface area contributed by atoms with Crippen LogP contribution in [0.3, 0.4) is 0 Å². The van der Waals surface area contributed by atoms with E-state index in [9.17, 15) is 14.4 Å². The maximum atomic E-state index is 14.3. The number of para-hydroxylation sites is 1. The summed E-state index contributed by atoms with van der Waals surface area (Å²) >= 11 is 0. The Labute approximate surface area is 246 Å². The van der Waals surface area contributed by atoms with Crippen LogP contribution in [0.2, 0.25) is 0 Å². The van der Waals surface area contributed by atoms with Gasteiger partial charge in [-0.2, -0.15) is 0 Å². The van der Waals surface area contributed by atoms with E-state index in [0.29, 0.717) is 65.2 Å². The molecule has 2 aromatic carbocycles. The third-order valence-electron chi connectivity index (χ3n) is 9.06. The molecule has 10 nitrogen and oxygen atoms in total. The van der Waals surface area contributed by atoms with Gasteiger partial charge in [-0.3, -0.25) is 19.3 Å². The molecule has 4 fully saturated rings. The minimum atomic E-state index is -0.952. The summed E-state index contributed by atoms with van der Waals surface area (Å²) < 4.78 is 11.4. The zero-order chi connectivity index (χ0) is 28.9. The Kier molecular flexibility index (Phi) is 8.62. The van der Waals surface area contributed by atoms with Crippen LogP contribution in [0.4, 0.5) is 10.5 Å². The molecule has 3 saturated heterocycles. The SMILES string of the molecule is O=C(NOCc1ccccc1)[C@H]1CC2(CC2)CN(C(=O)OC2CCOCC2)[C@@H]1C(=O)N1CCN(c2ccccc2)CC1. The number of piperidine rings is 1. The number of likely N-dealkylation sites (tertiary alicyclic amines) is 1. The number of nitrogens with one attached hydrogen (secondary N) is 1. The molecule has 3 amide bonds. The molecule has 2 atom stereocenters. The van der Waals surface area contributed by atoms with E-state index < -0.39 is 18.1 Å². The first-order valence-electron chi connectivity index (χ1n) is 15.1. The molecule has 6 rings (SSSR count). The van der Waals surface area contributed by atoms with Crippen LogP contribution in [0.15, 0.2) is 60.7 Å². The number of hydroxylamine groups is 1. The highest BCUT2D eigenvalue weighted by Crippen LogP contribution is 2.55. The zero-order valence-corrected chi connectivity index (χ0v) is 24.0. The third-order valence-corrected chi connectivity index (χ3v) is 9.06. The fourth-order valence-corrected chi connectivity index (χ4v) is 6.43. The van der Waals surface area contributed by atoms with Gasteiger partial charge in [-0.15, -0.1) is 0 Å². The molecule has 1 saturated carbocycles. The Bertz CT molecular complexity index is 1230. The predicted octanol–water partition coefficient (Wildman–Crippen LogP) is 3.37. The van der Waals surface area contributed by atoms with Crippen molar-refractivity contribution < 1.29 is 28.7 Å². The van der Waals surface area contributed by atoms with Gasteiger partial charge < -0.3 is 19.3 Å². The van der Waals surface area contributed by atoms with Crippen molar-refractivity contribution >= 4 is 23.6 Å². The summed E-state index contributed by atoms with van der Waals surface area (Å²) in [4.78, 5) is 52.9.